The van der Waals surface area contributed by atoms with Crippen molar-refractivity contribution in [3.8, 4) is 0 Å². The zero-order chi connectivity index (χ0) is 27.7. The van der Waals surface area contributed by atoms with Crippen molar-refractivity contribution in [2.45, 2.75) is 58.0 Å². The van der Waals surface area contributed by atoms with Crippen LogP contribution in [0.5, 0.6) is 0 Å². The van der Waals surface area contributed by atoms with Gasteiger partial charge in [-0.15, -0.1) is 0 Å². The molecule has 0 radical (unpaired) electrons. The third kappa shape index (κ3) is 3.70. The van der Waals surface area contributed by atoms with Gasteiger partial charge in [-0.1, -0.05) is 75.7 Å². The zero-order valence-electron chi connectivity index (χ0n) is 23.2. The van der Waals surface area contributed by atoms with Gasteiger partial charge in [-0.05, 0) is 77.1 Å². The summed E-state index contributed by atoms with van der Waals surface area (Å²) in [6.45, 7) is 6.61. The number of hydrogen-bond donors (Lipinski definition) is 0. The normalized spacial score (nSPS) is 30.2. The first-order valence-electron chi connectivity index (χ1n) is 14.7. The highest BCUT2D eigenvalue weighted by Gasteiger charge is 2.61. The van der Waals surface area contributed by atoms with Crippen molar-refractivity contribution >= 4 is 23.5 Å². The van der Waals surface area contributed by atoms with E-state index in [1.54, 1.807) is 24.3 Å². The average Bonchev–Trinajstić information content (AvgIpc) is 3.23. The number of hydrogen-bond acceptors (Lipinski definition) is 4. The van der Waals surface area contributed by atoms with Gasteiger partial charge in [0.2, 0.25) is 11.8 Å². The molecule has 0 aromatic heterocycles. The van der Waals surface area contributed by atoms with E-state index in [0.717, 1.165) is 35.1 Å². The van der Waals surface area contributed by atoms with Crippen molar-refractivity contribution in [1.82, 2.24) is 0 Å². The summed E-state index contributed by atoms with van der Waals surface area (Å²) < 4.78 is 6.03. The van der Waals surface area contributed by atoms with Crippen molar-refractivity contribution in [3.05, 3.63) is 101 Å². The molecule has 204 valence electrons. The topological polar surface area (TPSA) is 63.7 Å². The second kappa shape index (κ2) is 9.43. The number of carbonyl (C=O) groups excluding carboxylic acids is 3. The minimum atomic E-state index is -0.423. The van der Waals surface area contributed by atoms with Gasteiger partial charge in [0.25, 0.3) is 0 Å². The van der Waals surface area contributed by atoms with Gasteiger partial charge in [-0.25, -0.2) is 9.69 Å². The molecule has 1 aliphatic heterocycles. The lowest BCUT2D eigenvalue weighted by molar-refractivity contribution is -0.122. The van der Waals surface area contributed by atoms with Crippen LogP contribution in [0.4, 0.5) is 5.69 Å². The van der Waals surface area contributed by atoms with E-state index >= 15 is 0 Å². The first-order chi connectivity index (χ1) is 19.3. The van der Waals surface area contributed by atoms with Crippen LogP contribution in [0.1, 0.15) is 84.5 Å². The predicted molar refractivity (Wildman–Crippen MR) is 153 cm³/mol. The van der Waals surface area contributed by atoms with Crippen LogP contribution in [0.3, 0.4) is 0 Å². The summed E-state index contributed by atoms with van der Waals surface area (Å²) in [6.07, 6.45) is 3.05. The molecule has 5 aliphatic rings. The van der Waals surface area contributed by atoms with E-state index in [2.05, 4.69) is 45.0 Å². The van der Waals surface area contributed by atoms with Crippen LogP contribution in [0, 0.1) is 29.6 Å². The van der Waals surface area contributed by atoms with Crippen LogP contribution >= 0.6 is 0 Å². The Morgan fingerprint density at radius 2 is 1.27 bits per heavy atom. The molecule has 8 rings (SSSR count). The lowest BCUT2D eigenvalue weighted by atomic mass is 9.55. The maximum Gasteiger partial charge on any atom is 0.338 e. The quantitative estimate of drug-likeness (QED) is 0.277. The highest BCUT2D eigenvalue weighted by atomic mass is 16.5. The first-order valence-corrected chi connectivity index (χ1v) is 14.7. The van der Waals surface area contributed by atoms with E-state index in [9.17, 15) is 14.4 Å². The molecule has 2 bridgehead atoms. The summed E-state index contributed by atoms with van der Waals surface area (Å²) >= 11 is 0. The average molecular weight is 534 g/mol. The molecular weight excluding hydrogens is 498 g/mol. The molecule has 1 saturated carbocycles. The monoisotopic (exact) mass is 533 g/mol. The molecule has 1 saturated heterocycles. The zero-order valence-corrected chi connectivity index (χ0v) is 23.2. The predicted octanol–water partition coefficient (Wildman–Crippen LogP) is 6.70. The number of carbonyl (C=O) groups is 3. The summed E-state index contributed by atoms with van der Waals surface area (Å²) in [4.78, 5) is 42.5. The molecule has 1 heterocycles. The van der Waals surface area contributed by atoms with Gasteiger partial charge >= 0.3 is 5.97 Å². The third-order valence-electron chi connectivity index (χ3n) is 10.0. The first kappa shape index (κ1) is 25.3. The molecule has 0 unspecified atom stereocenters. The van der Waals surface area contributed by atoms with E-state index in [1.165, 1.54) is 11.3 Å². The lowest BCUT2D eigenvalue weighted by Crippen LogP contribution is -2.41. The highest BCUT2D eigenvalue weighted by Crippen LogP contribution is 2.61. The number of rotatable bonds is 4. The Labute approximate surface area is 235 Å². The molecule has 40 heavy (non-hydrogen) atoms. The Balaban J connectivity index is 1.16. The number of nitrogens with zero attached hydrogens (tertiary/aromatic N) is 1. The molecule has 2 amide bonds. The maximum atomic E-state index is 14.0. The third-order valence-corrected chi connectivity index (χ3v) is 10.0. The Morgan fingerprint density at radius 1 is 0.775 bits per heavy atom. The van der Waals surface area contributed by atoms with Crippen molar-refractivity contribution in [1.29, 1.82) is 0 Å². The molecule has 0 N–H and O–H groups in total. The van der Waals surface area contributed by atoms with E-state index in [1.807, 2.05) is 24.3 Å². The van der Waals surface area contributed by atoms with Crippen LogP contribution in [-0.2, 0) is 14.3 Å². The molecule has 0 spiro atoms. The number of amides is 2. The second-order valence-corrected chi connectivity index (χ2v) is 12.6. The van der Waals surface area contributed by atoms with Crippen LogP contribution in [-0.4, -0.2) is 23.9 Å². The lowest BCUT2D eigenvalue weighted by Gasteiger charge is -2.45. The fraction of sp³-hybridized carbons (Fsp3) is 0.400. The van der Waals surface area contributed by atoms with Crippen LogP contribution in [0.15, 0.2) is 72.8 Å². The van der Waals surface area contributed by atoms with Crippen LogP contribution in [0.2, 0.25) is 0 Å². The fourth-order valence-corrected chi connectivity index (χ4v) is 8.13. The van der Waals surface area contributed by atoms with Gasteiger partial charge in [-0.2, -0.15) is 0 Å². The van der Waals surface area contributed by atoms with E-state index in [-0.39, 0.29) is 35.7 Å². The molecule has 2 fully saturated rings. The standard InChI is InChI=1S/C35H35NO4/c1-19(2)23-17-12-20(3)18-28(23)40-35(39)21-13-15-22(16-14-21)36-33(37)31-29-24-8-4-5-9-25(24)30(32(31)34(36)38)27-11-7-6-10-26(27)29/h4-11,13-16,19-20,23,28-32H,12,17-18H2,1-3H3/t20-,23-,28+,29?,30?,31-,32+/m1/s1. The number of anilines is 1. The molecule has 5 nitrogen and oxygen atoms in total. The Kier molecular flexibility index (Phi) is 5.95. The highest BCUT2D eigenvalue weighted by molar-refractivity contribution is 6.23. The Bertz CT molecular complexity index is 1390. The van der Waals surface area contributed by atoms with Gasteiger partial charge in [0.05, 0.1) is 23.1 Å². The minimum absolute atomic E-state index is 0.0838. The molecular formula is C35H35NO4. The summed E-state index contributed by atoms with van der Waals surface area (Å²) in [7, 11) is 0. The Hall–Kier alpha value is -3.73. The van der Waals surface area contributed by atoms with Crippen molar-refractivity contribution in [3.63, 3.8) is 0 Å². The Morgan fingerprint density at radius 3 is 1.75 bits per heavy atom. The molecule has 3 aromatic carbocycles. The van der Waals surface area contributed by atoms with E-state index in [0.29, 0.717) is 29.0 Å². The fourth-order valence-electron chi connectivity index (χ4n) is 8.13. The number of ether oxygens (including phenoxy) is 1. The number of imide groups is 1. The molecule has 5 heteroatoms. The number of benzene rings is 3. The van der Waals surface area contributed by atoms with Gasteiger partial charge in [-0.3, -0.25) is 9.59 Å². The van der Waals surface area contributed by atoms with E-state index < -0.39 is 11.8 Å². The summed E-state index contributed by atoms with van der Waals surface area (Å²) in [5, 5.41) is 0. The van der Waals surface area contributed by atoms with Crippen molar-refractivity contribution < 1.29 is 19.1 Å². The van der Waals surface area contributed by atoms with Gasteiger partial charge in [0.15, 0.2) is 0 Å². The van der Waals surface area contributed by atoms with Gasteiger partial charge in [0, 0.05) is 11.8 Å². The maximum absolute atomic E-state index is 14.0. The molecule has 5 atom stereocenters. The minimum Gasteiger partial charge on any atom is -0.458 e. The van der Waals surface area contributed by atoms with E-state index in [4.69, 9.17) is 4.74 Å². The molecule has 3 aromatic rings. The number of esters is 1. The van der Waals surface area contributed by atoms with Crippen molar-refractivity contribution in [2.24, 2.45) is 29.6 Å². The summed E-state index contributed by atoms with van der Waals surface area (Å²) in [6, 6.07) is 23.3. The van der Waals surface area contributed by atoms with Crippen molar-refractivity contribution in [2.75, 3.05) is 4.90 Å². The second-order valence-electron chi connectivity index (χ2n) is 12.6. The smallest absolute Gasteiger partial charge is 0.338 e. The van der Waals surface area contributed by atoms with Gasteiger partial charge < -0.3 is 4.74 Å². The SMILES string of the molecule is CC(C)[C@H]1CC[C@@H](C)C[C@@H]1OC(=O)c1ccc(N2C(=O)[C@@H]3C4c5ccccc5C(c5ccccc54)[C@@H]3C2=O)cc1. The largest absolute Gasteiger partial charge is 0.458 e. The van der Waals surface area contributed by atoms with Gasteiger partial charge in [0.1, 0.15) is 6.10 Å². The van der Waals surface area contributed by atoms with Crippen LogP contribution in [0.25, 0.3) is 0 Å². The molecule has 4 aliphatic carbocycles. The summed E-state index contributed by atoms with van der Waals surface area (Å²) in [5.74, 6) is -0.398. The van der Waals surface area contributed by atoms with Crippen LogP contribution < -0.4 is 4.90 Å². The summed E-state index contributed by atoms with van der Waals surface area (Å²) in [5.41, 5.74) is 5.59.